The molecular formula is C16H18ClN3O4. The van der Waals surface area contributed by atoms with Gasteiger partial charge in [0.2, 0.25) is 0 Å². The van der Waals surface area contributed by atoms with E-state index in [1.54, 1.807) is 28.9 Å². The van der Waals surface area contributed by atoms with Gasteiger partial charge in [-0.3, -0.25) is 4.79 Å². The molecule has 7 nitrogen and oxygen atoms in total. The molecule has 1 heterocycles. The third-order valence-electron chi connectivity index (χ3n) is 3.57. The van der Waals surface area contributed by atoms with E-state index in [0.29, 0.717) is 44.1 Å². The van der Waals surface area contributed by atoms with Crippen LogP contribution in [-0.4, -0.2) is 61.2 Å². The number of hydrogen-bond acceptors (Lipinski definition) is 5. The quantitative estimate of drug-likeness (QED) is 0.827. The van der Waals surface area contributed by atoms with Crippen LogP contribution in [0.15, 0.2) is 18.2 Å². The Morgan fingerprint density at radius 3 is 2.50 bits per heavy atom. The van der Waals surface area contributed by atoms with Gasteiger partial charge in [0.1, 0.15) is 5.75 Å². The predicted octanol–water partition coefficient (Wildman–Crippen LogP) is 1.89. The SMILES string of the molecule is CCOC(=O)N1CCN(C(=O)COc2ccc(C#N)cc2Cl)CC1. The van der Waals surface area contributed by atoms with Gasteiger partial charge in [-0.25, -0.2) is 4.79 Å². The lowest BCUT2D eigenvalue weighted by Gasteiger charge is -2.33. The van der Waals surface area contributed by atoms with Crippen LogP contribution >= 0.6 is 11.6 Å². The minimum Gasteiger partial charge on any atom is -0.482 e. The maximum Gasteiger partial charge on any atom is 0.409 e. The molecule has 2 rings (SSSR count). The molecule has 128 valence electrons. The number of nitrogens with zero attached hydrogens (tertiary/aromatic N) is 3. The van der Waals surface area contributed by atoms with E-state index >= 15 is 0 Å². The Bertz CT molecular complexity index is 651. The van der Waals surface area contributed by atoms with Gasteiger partial charge in [0, 0.05) is 26.2 Å². The fraction of sp³-hybridized carbons (Fsp3) is 0.438. The molecule has 0 bridgehead atoms. The zero-order valence-electron chi connectivity index (χ0n) is 13.3. The molecule has 0 radical (unpaired) electrons. The average Bonchev–Trinajstić information content (AvgIpc) is 2.60. The molecule has 24 heavy (non-hydrogen) atoms. The summed E-state index contributed by atoms with van der Waals surface area (Å²) in [7, 11) is 0. The number of hydrogen-bond donors (Lipinski definition) is 0. The summed E-state index contributed by atoms with van der Waals surface area (Å²) in [6.07, 6.45) is -0.356. The van der Waals surface area contributed by atoms with Crippen molar-refractivity contribution in [2.75, 3.05) is 39.4 Å². The summed E-state index contributed by atoms with van der Waals surface area (Å²) >= 11 is 6.00. The van der Waals surface area contributed by atoms with Gasteiger partial charge in [-0.15, -0.1) is 0 Å². The van der Waals surface area contributed by atoms with Crippen LogP contribution in [-0.2, 0) is 9.53 Å². The van der Waals surface area contributed by atoms with Crippen molar-refractivity contribution >= 4 is 23.6 Å². The van der Waals surface area contributed by atoms with Crippen molar-refractivity contribution in [3.05, 3.63) is 28.8 Å². The first kappa shape index (κ1) is 17.9. The number of nitriles is 1. The van der Waals surface area contributed by atoms with Gasteiger partial charge in [0.25, 0.3) is 5.91 Å². The lowest BCUT2D eigenvalue weighted by molar-refractivity contribution is -0.134. The fourth-order valence-corrected chi connectivity index (χ4v) is 2.51. The number of halogens is 1. The molecule has 1 saturated heterocycles. The smallest absolute Gasteiger partial charge is 0.409 e. The molecule has 0 aromatic heterocycles. The summed E-state index contributed by atoms with van der Waals surface area (Å²) in [4.78, 5) is 27.0. The monoisotopic (exact) mass is 351 g/mol. The van der Waals surface area contributed by atoms with Gasteiger partial charge in [0.15, 0.2) is 6.61 Å². The van der Waals surface area contributed by atoms with E-state index in [2.05, 4.69) is 0 Å². The Hall–Kier alpha value is -2.46. The highest BCUT2D eigenvalue weighted by Gasteiger charge is 2.25. The summed E-state index contributed by atoms with van der Waals surface area (Å²) in [6, 6.07) is 6.60. The van der Waals surface area contributed by atoms with Crippen LogP contribution in [0.1, 0.15) is 12.5 Å². The average molecular weight is 352 g/mol. The van der Waals surface area contributed by atoms with Crippen molar-refractivity contribution in [2.24, 2.45) is 0 Å². The second-order valence-corrected chi connectivity index (χ2v) is 5.52. The molecule has 1 aromatic carbocycles. The molecule has 0 aliphatic carbocycles. The fourth-order valence-electron chi connectivity index (χ4n) is 2.27. The minimum atomic E-state index is -0.356. The van der Waals surface area contributed by atoms with Gasteiger partial charge in [-0.1, -0.05) is 11.6 Å². The molecule has 0 atom stereocenters. The van der Waals surface area contributed by atoms with Crippen LogP contribution in [0.25, 0.3) is 0 Å². The predicted molar refractivity (Wildman–Crippen MR) is 86.8 cm³/mol. The van der Waals surface area contributed by atoms with Crippen LogP contribution in [0.3, 0.4) is 0 Å². The minimum absolute atomic E-state index is 0.148. The lowest BCUT2D eigenvalue weighted by Crippen LogP contribution is -2.51. The van der Waals surface area contributed by atoms with E-state index in [4.69, 9.17) is 26.3 Å². The first-order valence-electron chi connectivity index (χ1n) is 7.57. The Kier molecular flexibility index (Phi) is 6.27. The highest BCUT2D eigenvalue weighted by Crippen LogP contribution is 2.25. The molecule has 1 fully saturated rings. The topological polar surface area (TPSA) is 82.9 Å². The summed E-state index contributed by atoms with van der Waals surface area (Å²) in [5.41, 5.74) is 0.425. The highest BCUT2D eigenvalue weighted by atomic mass is 35.5. The molecule has 0 unspecified atom stereocenters. The number of carbonyl (C=O) groups is 2. The Labute approximate surface area is 145 Å². The van der Waals surface area contributed by atoms with Crippen molar-refractivity contribution in [1.29, 1.82) is 5.26 Å². The number of rotatable bonds is 4. The number of carbonyl (C=O) groups excluding carboxylic acids is 2. The van der Waals surface area contributed by atoms with Gasteiger partial charge in [0.05, 0.1) is 23.3 Å². The Morgan fingerprint density at radius 1 is 1.25 bits per heavy atom. The van der Waals surface area contributed by atoms with E-state index in [1.807, 2.05) is 6.07 Å². The highest BCUT2D eigenvalue weighted by molar-refractivity contribution is 6.32. The summed E-state index contributed by atoms with van der Waals surface area (Å²) in [5.74, 6) is 0.174. The van der Waals surface area contributed by atoms with Crippen LogP contribution in [0, 0.1) is 11.3 Å². The number of amides is 2. The molecular weight excluding hydrogens is 334 g/mol. The third-order valence-corrected chi connectivity index (χ3v) is 3.87. The molecule has 0 N–H and O–H groups in total. The number of ether oxygens (including phenoxy) is 2. The first-order valence-corrected chi connectivity index (χ1v) is 7.95. The summed E-state index contributed by atoms with van der Waals surface area (Å²) in [5, 5.41) is 9.07. The van der Waals surface area contributed by atoms with E-state index in [1.165, 1.54) is 6.07 Å². The first-order chi connectivity index (χ1) is 11.5. The summed E-state index contributed by atoms with van der Waals surface area (Å²) in [6.45, 7) is 3.67. The van der Waals surface area contributed by atoms with E-state index in [-0.39, 0.29) is 23.6 Å². The van der Waals surface area contributed by atoms with E-state index in [9.17, 15) is 9.59 Å². The van der Waals surface area contributed by atoms with Crippen molar-refractivity contribution in [2.45, 2.75) is 6.92 Å². The van der Waals surface area contributed by atoms with E-state index in [0.717, 1.165) is 0 Å². The van der Waals surface area contributed by atoms with Crippen LogP contribution in [0.5, 0.6) is 5.75 Å². The standard InChI is InChI=1S/C16H18ClN3O4/c1-2-23-16(22)20-7-5-19(6-8-20)15(21)11-24-14-4-3-12(10-18)9-13(14)17/h3-4,9H,2,5-8,11H2,1H3. The normalized spacial score (nSPS) is 14.0. The molecule has 0 saturated carbocycles. The molecule has 0 spiro atoms. The second-order valence-electron chi connectivity index (χ2n) is 5.11. The van der Waals surface area contributed by atoms with Crippen molar-refractivity contribution in [3.8, 4) is 11.8 Å². The molecule has 1 aliphatic heterocycles. The summed E-state index contributed by atoms with van der Waals surface area (Å²) < 4.78 is 10.4. The van der Waals surface area contributed by atoms with Crippen LogP contribution in [0.4, 0.5) is 4.79 Å². The van der Waals surface area contributed by atoms with Gasteiger partial charge in [-0.2, -0.15) is 5.26 Å². The largest absolute Gasteiger partial charge is 0.482 e. The molecule has 1 aromatic rings. The van der Waals surface area contributed by atoms with Crippen LogP contribution < -0.4 is 4.74 Å². The number of benzene rings is 1. The van der Waals surface area contributed by atoms with Crippen molar-refractivity contribution in [3.63, 3.8) is 0 Å². The van der Waals surface area contributed by atoms with Gasteiger partial charge >= 0.3 is 6.09 Å². The van der Waals surface area contributed by atoms with Crippen molar-refractivity contribution in [1.82, 2.24) is 9.80 Å². The van der Waals surface area contributed by atoms with Crippen molar-refractivity contribution < 1.29 is 19.1 Å². The molecule has 8 heteroatoms. The third kappa shape index (κ3) is 4.52. The molecule has 1 aliphatic rings. The second kappa shape index (κ2) is 8.41. The Morgan fingerprint density at radius 2 is 1.92 bits per heavy atom. The Balaban J connectivity index is 1.82. The zero-order chi connectivity index (χ0) is 17.5. The lowest BCUT2D eigenvalue weighted by atomic mass is 10.2. The van der Waals surface area contributed by atoms with Crippen LogP contribution in [0.2, 0.25) is 5.02 Å². The van der Waals surface area contributed by atoms with Gasteiger partial charge < -0.3 is 19.3 Å². The van der Waals surface area contributed by atoms with E-state index < -0.39 is 0 Å². The maximum absolute atomic E-state index is 12.2. The molecule has 2 amide bonds. The van der Waals surface area contributed by atoms with Gasteiger partial charge in [-0.05, 0) is 25.1 Å². The number of piperazine rings is 1. The zero-order valence-corrected chi connectivity index (χ0v) is 14.1. The maximum atomic E-state index is 12.2.